The summed E-state index contributed by atoms with van der Waals surface area (Å²) in [5, 5.41) is 14.8. The van der Waals surface area contributed by atoms with Crippen molar-refractivity contribution >= 4 is 29.8 Å². The summed E-state index contributed by atoms with van der Waals surface area (Å²) in [5.41, 5.74) is -0.105. The van der Waals surface area contributed by atoms with Crippen molar-refractivity contribution in [2.75, 3.05) is 13.2 Å². The maximum Gasteiger partial charge on any atom is 0.327 e. The van der Waals surface area contributed by atoms with Crippen LogP contribution in [0.2, 0.25) is 0 Å². The van der Waals surface area contributed by atoms with Crippen molar-refractivity contribution in [3.63, 3.8) is 0 Å². The standard InChI is InChI=1S/C45H59N3O11/c1-43(2,3)56-35(50)19-17-30(24-49)46-40(51)31-9-6-20-47(31)42(53)44-22-34-36-37(58-45(57-36,28-13-14-28)29-15-16-29)39(44)59-48(38(44)41(52)55-34)23-27-8-5-4-7-26(27)12-10-25-11-18-32-33(21-25)54-32/h4-5,7-8,10,12,25,28-34,36-39,49H,6,9,11,13-24H2,1-3H3,(H,46,51)/t25?,30-,31+,32?,33?,34+,36-,37-,38-,39+,44-/m0/s1. The molecule has 1 aromatic carbocycles. The van der Waals surface area contributed by atoms with E-state index in [-0.39, 0.29) is 50.2 Å². The Kier molecular flexibility index (Phi) is 10.0. The minimum absolute atomic E-state index is 0.0163. The second-order valence-electron chi connectivity index (χ2n) is 19.7. The molecule has 3 unspecified atom stereocenters. The minimum atomic E-state index is -1.41. The summed E-state index contributed by atoms with van der Waals surface area (Å²) < 4.78 is 31.5. The Bertz CT molecular complexity index is 1860. The summed E-state index contributed by atoms with van der Waals surface area (Å²) in [6.07, 6.45) is 11.0. The number of epoxide rings is 1. The van der Waals surface area contributed by atoms with Gasteiger partial charge in [0.15, 0.2) is 11.8 Å². The largest absolute Gasteiger partial charge is 0.460 e. The fourth-order valence-electron chi connectivity index (χ4n) is 11.2. The van der Waals surface area contributed by atoms with Gasteiger partial charge < -0.3 is 39.0 Å². The van der Waals surface area contributed by atoms with Crippen molar-refractivity contribution in [3.05, 3.63) is 41.5 Å². The highest BCUT2D eigenvalue weighted by Crippen LogP contribution is 2.64. The SMILES string of the molecule is CC(C)(C)OC(=O)CC[C@@H](CO)NC(=O)[C@H]1CCCN1C(=O)[C@@]12C[C@H]3OC(=O)[C@@H]1N(Cc1ccccc1C=CC1CCC4OC4C1)O[C@@H]2[C@H]1OC(C2CC2)(C2CC2)O[C@H]13. The summed E-state index contributed by atoms with van der Waals surface area (Å²) in [5.74, 6) is -1.55. The molecular weight excluding hydrogens is 759 g/mol. The van der Waals surface area contributed by atoms with Crippen LogP contribution in [0.4, 0.5) is 0 Å². The lowest BCUT2D eigenvalue weighted by Crippen LogP contribution is -2.70. The first-order valence-electron chi connectivity index (χ1n) is 22.2. The number of esters is 2. The zero-order valence-corrected chi connectivity index (χ0v) is 34.4. The molecule has 11 atom stereocenters. The van der Waals surface area contributed by atoms with Gasteiger partial charge in [0.05, 0.1) is 31.4 Å². The Morgan fingerprint density at radius 3 is 2.49 bits per heavy atom. The van der Waals surface area contributed by atoms with Gasteiger partial charge in [-0.2, -0.15) is 5.06 Å². The summed E-state index contributed by atoms with van der Waals surface area (Å²) in [6.45, 7) is 5.52. The molecule has 320 valence electrons. The highest BCUT2D eigenvalue weighted by molar-refractivity contribution is 5.96. The molecular formula is C45H59N3O11. The molecule has 5 saturated heterocycles. The van der Waals surface area contributed by atoms with E-state index in [4.69, 9.17) is 28.5 Å². The number of hydrogen-bond acceptors (Lipinski definition) is 12. The lowest BCUT2D eigenvalue weighted by Gasteiger charge is -2.50. The average Bonchev–Trinajstić information content (AvgIpc) is 4.16. The Morgan fingerprint density at radius 1 is 1.00 bits per heavy atom. The molecule has 10 rings (SSSR count). The number of amides is 2. The number of benzene rings is 1. The van der Waals surface area contributed by atoms with Crippen LogP contribution in [-0.4, -0.2) is 118 Å². The van der Waals surface area contributed by atoms with E-state index in [1.54, 1.807) is 30.7 Å². The Balaban J connectivity index is 0.936. The molecule has 5 aliphatic heterocycles. The molecule has 5 heterocycles. The van der Waals surface area contributed by atoms with Crippen LogP contribution in [0, 0.1) is 23.2 Å². The lowest BCUT2D eigenvalue weighted by atomic mass is 9.62. The summed E-state index contributed by atoms with van der Waals surface area (Å²) >= 11 is 0. The fraction of sp³-hybridized carbons (Fsp3) is 0.733. The quantitative estimate of drug-likeness (QED) is 0.218. The van der Waals surface area contributed by atoms with Crippen molar-refractivity contribution < 1.29 is 52.8 Å². The number of aliphatic hydroxyl groups is 1. The summed E-state index contributed by atoms with van der Waals surface area (Å²) in [6, 6.07) is 5.43. The summed E-state index contributed by atoms with van der Waals surface area (Å²) in [7, 11) is 0. The van der Waals surface area contributed by atoms with Crippen LogP contribution in [0.5, 0.6) is 0 Å². The maximum absolute atomic E-state index is 15.6. The van der Waals surface area contributed by atoms with Crippen molar-refractivity contribution in [2.24, 2.45) is 23.2 Å². The van der Waals surface area contributed by atoms with Gasteiger partial charge in [-0.15, -0.1) is 0 Å². The van der Waals surface area contributed by atoms with E-state index in [1.807, 2.05) is 18.2 Å². The van der Waals surface area contributed by atoms with Crippen LogP contribution in [0.3, 0.4) is 0 Å². The van der Waals surface area contributed by atoms with Gasteiger partial charge in [0.2, 0.25) is 11.8 Å². The molecule has 14 heteroatoms. The van der Waals surface area contributed by atoms with Gasteiger partial charge >= 0.3 is 11.9 Å². The van der Waals surface area contributed by atoms with E-state index in [2.05, 4.69) is 23.5 Å². The lowest BCUT2D eigenvalue weighted by molar-refractivity contribution is -0.235. The molecule has 59 heavy (non-hydrogen) atoms. The molecule has 2 bridgehead atoms. The highest BCUT2D eigenvalue weighted by Gasteiger charge is 2.78. The average molecular weight is 818 g/mol. The zero-order valence-electron chi connectivity index (χ0n) is 34.4. The van der Waals surface area contributed by atoms with Gasteiger partial charge in [0, 0.05) is 31.2 Å². The first-order valence-corrected chi connectivity index (χ1v) is 22.2. The van der Waals surface area contributed by atoms with Crippen LogP contribution >= 0.6 is 0 Å². The second-order valence-corrected chi connectivity index (χ2v) is 19.7. The van der Waals surface area contributed by atoms with Crippen LogP contribution in [0.25, 0.3) is 6.08 Å². The normalized spacial score (nSPS) is 37.5. The topological polar surface area (TPSA) is 166 Å². The van der Waals surface area contributed by atoms with E-state index < -0.39 is 77.2 Å². The van der Waals surface area contributed by atoms with Crippen LogP contribution < -0.4 is 5.32 Å². The number of carbonyl (C=O) groups is 4. The highest BCUT2D eigenvalue weighted by atomic mass is 16.8. The maximum atomic E-state index is 15.6. The molecule has 9 aliphatic rings. The van der Waals surface area contributed by atoms with Crippen molar-refractivity contribution in [2.45, 2.75) is 171 Å². The molecule has 4 saturated carbocycles. The third-order valence-corrected chi connectivity index (χ3v) is 14.4. The number of carbonyl (C=O) groups excluding carboxylic acids is 4. The number of nitrogens with zero attached hydrogens (tertiary/aromatic N) is 2. The number of likely N-dealkylation sites (tertiary alicyclic amines) is 1. The van der Waals surface area contributed by atoms with E-state index >= 15 is 4.79 Å². The molecule has 14 nitrogen and oxygen atoms in total. The van der Waals surface area contributed by atoms with Crippen LogP contribution in [-0.2, 0) is 54.2 Å². The molecule has 4 aliphatic carbocycles. The number of aliphatic hydroxyl groups excluding tert-OH is 1. The van der Waals surface area contributed by atoms with Gasteiger partial charge in [0.1, 0.15) is 41.5 Å². The number of allylic oxidation sites excluding steroid dienone is 1. The van der Waals surface area contributed by atoms with Gasteiger partial charge in [0.25, 0.3) is 0 Å². The first kappa shape index (κ1) is 39.7. The van der Waals surface area contributed by atoms with E-state index in [0.717, 1.165) is 56.1 Å². The van der Waals surface area contributed by atoms with Crippen molar-refractivity contribution in [1.82, 2.24) is 15.3 Å². The van der Waals surface area contributed by atoms with Gasteiger partial charge in [-0.1, -0.05) is 36.4 Å². The molecule has 2 N–H and O–H groups in total. The van der Waals surface area contributed by atoms with E-state index in [1.165, 1.54) is 0 Å². The third-order valence-electron chi connectivity index (χ3n) is 14.4. The molecule has 2 amide bonds. The molecule has 9 fully saturated rings. The number of hydroxylamine groups is 2. The van der Waals surface area contributed by atoms with Gasteiger partial charge in [-0.25, -0.2) is 0 Å². The number of fused-ring (bicyclic) bond motifs is 5. The Labute approximate surface area is 345 Å². The van der Waals surface area contributed by atoms with Crippen molar-refractivity contribution in [1.29, 1.82) is 0 Å². The summed E-state index contributed by atoms with van der Waals surface area (Å²) in [4.78, 5) is 65.2. The molecule has 0 aromatic heterocycles. The predicted octanol–water partition coefficient (Wildman–Crippen LogP) is 3.96. The van der Waals surface area contributed by atoms with Crippen LogP contribution in [0.1, 0.15) is 109 Å². The first-order chi connectivity index (χ1) is 28.4. The Morgan fingerprint density at radius 2 is 1.76 bits per heavy atom. The van der Waals surface area contributed by atoms with E-state index in [9.17, 15) is 19.5 Å². The van der Waals surface area contributed by atoms with E-state index in [0.29, 0.717) is 37.5 Å². The molecule has 0 radical (unpaired) electrons. The van der Waals surface area contributed by atoms with Gasteiger partial charge in [-0.3, -0.25) is 24.0 Å². The van der Waals surface area contributed by atoms with Crippen molar-refractivity contribution in [3.8, 4) is 0 Å². The monoisotopic (exact) mass is 817 g/mol. The Hall–Kier alpha value is -3.40. The zero-order chi connectivity index (χ0) is 40.8. The molecule has 1 aromatic rings. The number of hydrogen-bond donors (Lipinski definition) is 2. The predicted molar refractivity (Wildman–Crippen MR) is 209 cm³/mol. The molecule has 0 spiro atoms. The number of ether oxygens (including phenoxy) is 5. The number of nitrogens with one attached hydrogen (secondary N) is 1. The third kappa shape index (κ3) is 7.22. The van der Waals surface area contributed by atoms with Crippen LogP contribution in [0.15, 0.2) is 30.3 Å². The number of rotatable bonds is 13. The smallest absolute Gasteiger partial charge is 0.327 e. The minimum Gasteiger partial charge on any atom is -0.460 e. The fourth-order valence-corrected chi connectivity index (χ4v) is 11.2. The second kappa shape index (κ2) is 14.9. The van der Waals surface area contributed by atoms with Gasteiger partial charge in [-0.05, 0) is 102 Å².